The molecule has 1 heterocycles. The molecule has 3 N–H and O–H groups in total. The van der Waals surface area contributed by atoms with Crippen LogP contribution in [0.2, 0.25) is 0 Å². The Balaban J connectivity index is 2.91. The van der Waals surface area contributed by atoms with Crippen LogP contribution >= 0.6 is 0 Å². The molecule has 0 aliphatic carbocycles. The Morgan fingerprint density at radius 2 is 2.06 bits per heavy atom. The van der Waals surface area contributed by atoms with E-state index >= 15 is 0 Å². The van der Waals surface area contributed by atoms with Gasteiger partial charge in [-0.25, -0.2) is 0 Å². The van der Waals surface area contributed by atoms with E-state index < -0.39 is 0 Å². The number of pyridine rings is 1. The van der Waals surface area contributed by atoms with E-state index in [9.17, 15) is 0 Å². The molecule has 0 saturated carbocycles. The lowest BCUT2D eigenvalue weighted by Gasteiger charge is -2.26. The van der Waals surface area contributed by atoms with E-state index in [1.807, 2.05) is 19.2 Å². The Labute approximate surface area is 104 Å². The van der Waals surface area contributed by atoms with E-state index in [1.165, 1.54) is 0 Å². The third-order valence-corrected chi connectivity index (χ3v) is 3.16. The Morgan fingerprint density at radius 3 is 2.59 bits per heavy atom. The van der Waals surface area contributed by atoms with Crippen LogP contribution in [0.5, 0.6) is 5.75 Å². The molecule has 0 amide bonds. The highest BCUT2D eigenvalue weighted by atomic mass is 16.5. The highest BCUT2D eigenvalue weighted by Gasteiger charge is 2.21. The highest BCUT2D eigenvalue weighted by molar-refractivity contribution is 5.26. The van der Waals surface area contributed by atoms with Gasteiger partial charge >= 0.3 is 0 Å². The van der Waals surface area contributed by atoms with Gasteiger partial charge in [0.05, 0.1) is 18.8 Å². The molecule has 0 aliphatic heterocycles. The summed E-state index contributed by atoms with van der Waals surface area (Å²) in [5.74, 6) is 7.42. The van der Waals surface area contributed by atoms with Gasteiger partial charge in [0.15, 0.2) is 0 Å². The molecule has 0 aliphatic rings. The molecular weight excluding hydrogens is 214 g/mol. The molecule has 1 aromatic rings. The molecule has 4 nitrogen and oxygen atoms in total. The number of nitrogens with zero attached hydrogens (tertiary/aromatic N) is 1. The molecule has 0 spiro atoms. The minimum atomic E-state index is 0.0999. The maximum absolute atomic E-state index is 5.65. The van der Waals surface area contributed by atoms with Crippen LogP contribution < -0.4 is 16.0 Å². The molecule has 0 saturated heterocycles. The van der Waals surface area contributed by atoms with Gasteiger partial charge in [-0.2, -0.15) is 0 Å². The summed E-state index contributed by atoms with van der Waals surface area (Å²) in [5.41, 5.74) is 3.94. The van der Waals surface area contributed by atoms with Crippen molar-refractivity contribution in [2.45, 2.75) is 33.7 Å². The van der Waals surface area contributed by atoms with Crippen molar-refractivity contribution in [1.29, 1.82) is 0 Å². The van der Waals surface area contributed by atoms with Gasteiger partial charge in [-0.05, 0) is 30.4 Å². The Kier molecular flexibility index (Phi) is 5.38. The van der Waals surface area contributed by atoms with Crippen LogP contribution in [0.15, 0.2) is 18.5 Å². The number of rotatable bonds is 6. The quantitative estimate of drug-likeness (QED) is 0.588. The minimum absolute atomic E-state index is 0.0999. The first kappa shape index (κ1) is 13.9. The summed E-state index contributed by atoms with van der Waals surface area (Å²) in [5, 5.41) is 0. The Bertz CT molecular complexity index is 341. The normalized spacial score (nSPS) is 14.7. The topological polar surface area (TPSA) is 60.2 Å². The highest BCUT2D eigenvalue weighted by Crippen LogP contribution is 2.28. The van der Waals surface area contributed by atoms with Crippen LogP contribution in [0.4, 0.5) is 0 Å². The minimum Gasteiger partial charge on any atom is -0.492 e. The molecule has 96 valence electrons. The molecule has 0 bridgehead atoms. The molecule has 1 aromatic heterocycles. The van der Waals surface area contributed by atoms with Crippen molar-refractivity contribution in [2.24, 2.45) is 17.7 Å². The number of hydrazine groups is 1. The number of ether oxygens (including phenoxy) is 1. The van der Waals surface area contributed by atoms with Crippen molar-refractivity contribution in [3.63, 3.8) is 0 Å². The zero-order chi connectivity index (χ0) is 12.8. The molecule has 4 heteroatoms. The Hall–Kier alpha value is -1.13. The average Bonchev–Trinajstić information content (AvgIpc) is 2.30. The Morgan fingerprint density at radius 1 is 1.35 bits per heavy atom. The monoisotopic (exact) mass is 237 g/mol. The smallest absolute Gasteiger partial charge is 0.137 e. The summed E-state index contributed by atoms with van der Waals surface area (Å²) in [6.45, 7) is 9.17. The molecule has 17 heavy (non-hydrogen) atoms. The van der Waals surface area contributed by atoms with Gasteiger partial charge in [0.2, 0.25) is 0 Å². The van der Waals surface area contributed by atoms with E-state index in [4.69, 9.17) is 10.6 Å². The zero-order valence-corrected chi connectivity index (χ0v) is 11.1. The first-order valence-corrected chi connectivity index (χ1v) is 6.14. The molecular formula is C13H23N3O. The molecule has 0 aromatic carbocycles. The summed E-state index contributed by atoms with van der Waals surface area (Å²) in [6.07, 6.45) is 3.56. The third-order valence-electron chi connectivity index (χ3n) is 3.16. The number of hydrogen-bond donors (Lipinski definition) is 2. The van der Waals surface area contributed by atoms with Crippen LogP contribution in [0, 0.1) is 11.8 Å². The van der Waals surface area contributed by atoms with Crippen molar-refractivity contribution in [3.8, 4) is 5.75 Å². The van der Waals surface area contributed by atoms with Gasteiger partial charge in [0.1, 0.15) is 5.75 Å². The molecule has 1 rings (SSSR count). The zero-order valence-electron chi connectivity index (χ0n) is 11.1. The average molecular weight is 237 g/mol. The second-order valence-electron chi connectivity index (χ2n) is 4.63. The molecule has 0 radical (unpaired) electrons. The largest absolute Gasteiger partial charge is 0.492 e. The predicted octanol–water partition coefficient (Wildman–Crippen LogP) is 2.28. The van der Waals surface area contributed by atoms with Gasteiger partial charge in [-0.3, -0.25) is 16.3 Å². The van der Waals surface area contributed by atoms with Crippen LogP contribution in [0.3, 0.4) is 0 Å². The van der Waals surface area contributed by atoms with Crippen LogP contribution in [0.25, 0.3) is 0 Å². The second kappa shape index (κ2) is 6.57. The first-order valence-electron chi connectivity index (χ1n) is 6.14. The van der Waals surface area contributed by atoms with E-state index in [0.717, 1.165) is 11.3 Å². The van der Waals surface area contributed by atoms with Crippen molar-refractivity contribution < 1.29 is 4.74 Å². The van der Waals surface area contributed by atoms with Crippen molar-refractivity contribution in [1.82, 2.24) is 10.4 Å². The van der Waals surface area contributed by atoms with Crippen molar-refractivity contribution in [2.75, 3.05) is 6.61 Å². The van der Waals surface area contributed by atoms with Gasteiger partial charge in [0.25, 0.3) is 0 Å². The standard InChI is InChI=1S/C13H23N3O/c1-5-17-12-6-11(7-15-8-12)13(16-14)10(4)9(2)3/h6-10,13,16H,5,14H2,1-4H3. The fraction of sp³-hybridized carbons (Fsp3) is 0.615. The number of hydrogen-bond acceptors (Lipinski definition) is 4. The first-order chi connectivity index (χ1) is 8.10. The van der Waals surface area contributed by atoms with Crippen molar-refractivity contribution in [3.05, 3.63) is 24.0 Å². The lowest BCUT2D eigenvalue weighted by atomic mass is 9.87. The summed E-state index contributed by atoms with van der Waals surface area (Å²) < 4.78 is 5.45. The van der Waals surface area contributed by atoms with E-state index in [1.54, 1.807) is 6.20 Å². The number of nitrogens with one attached hydrogen (secondary N) is 1. The maximum Gasteiger partial charge on any atom is 0.137 e. The van der Waals surface area contributed by atoms with E-state index in [-0.39, 0.29) is 6.04 Å². The maximum atomic E-state index is 5.65. The third kappa shape index (κ3) is 3.68. The van der Waals surface area contributed by atoms with Crippen LogP contribution in [-0.2, 0) is 0 Å². The SMILES string of the molecule is CCOc1cncc(C(NN)C(C)C(C)C)c1. The van der Waals surface area contributed by atoms with E-state index in [2.05, 4.69) is 31.2 Å². The van der Waals surface area contributed by atoms with Gasteiger partial charge in [0, 0.05) is 6.20 Å². The fourth-order valence-corrected chi connectivity index (χ4v) is 1.79. The predicted molar refractivity (Wildman–Crippen MR) is 69.5 cm³/mol. The summed E-state index contributed by atoms with van der Waals surface area (Å²) >= 11 is 0. The number of aromatic nitrogens is 1. The van der Waals surface area contributed by atoms with Gasteiger partial charge in [-0.15, -0.1) is 0 Å². The lowest BCUT2D eigenvalue weighted by Crippen LogP contribution is -2.34. The molecule has 2 unspecified atom stereocenters. The molecule has 2 atom stereocenters. The lowest BCUT2D eigenvalue weighted by molar-refractivity contribution is 0.302. The second-order valence-corrected chi connectivity index (χ2v) is 4.63. The van der Waals surface area contributed by atoms with Gasteiger partial charge < -0.3 is 4.74 Å². The van der Waals surface area contributed by atoms with Gasteiger partial charge in [-0.1, -0.05) is 20.8 Å². The van der Waals surface area contributed by atoms with Crippen LogP contribution in [0.1, 0.15) is 39.3 Å². The summed E-state index contributed by atoms with van der Waals surface area (Å²) in [4.78, 5) is 4.19. The van der Waals surface area contributed by atoms with Crippen molar-refractivity contribution >= 4 is 0 Å². The van der Waals surface area contributed by atoms with Crippen LogP contribution in [-0.4, -0.2) is 11.6 Å². The summed E-state index contributed by atoms with van der Waals surface area (Å²) in [6, 6.07) is 2.10. The fourth-order valence-electron chi connectivity index (χ4n) is 1.79. The molecule has 0 fully saturated rings. The van der Waals surface area contributed by atoms with E-state index in [0.29, 0.717) is 18.4 Å². The number of nitrogens with two attached hydrogens (primary N) is 1. The summed E-state index contributed by atoms with van der Waals surface area (Å²) in [7, 11) is 0.